The Morgan fingerprint density at radius 3 is 2.54 bits per heavy atom. The summed E-state index contributed by atoms with van der Waals surface area (Å²) in [4.78, 5) is 18.1. The van der Waals surface area contributed by atoms with Gasteiger partial charge in [0.05, 0.1) is 16.8 Å². The van der Waals surface area contributed by atoms with Crippen molar-refractivity contribution in [3.8, 4) is 11.3 Å². The van der Waals surface area contributed by atoms with Crippen LogP contribution in [-0.4, -0.2) is 10.9 Å². The summed E-state index contributed by atoms with van der Waals surface area (Å²) in [6.45, 7) is 3.90. The van der Waals surface area contributed by atoms with Crippen molar-refractivity contribution in [2.45, 2.75) is 13.8 Å². The number of anilines is 1. The van der Waals surface area contributed by atoms with Crippen molar-refractivity contribution in [1.29, 1.82) is 0 Å². The number of pyridine rings is 1. The highest BCUT2D eigenvalue weighted by Gasteiger charge is 2.19. The number of amides is 1. The van der Waals surface area contributed by atoms with E-state index in [0.29, 0.717) is 11.3 Å². The highest BCUT2D eigenvalue weighted by molar-refractivity contribution is 9.10. The Balaban J connectivity index is 1.91. The Labute approximate surface area is 172 Å². The number of nitrogens with zero attached hydrogens (tertiary/aromatic N) is 1. The second-order valence-corrected chi connectivity index (χ2v) is 7.61. The summed E-state index contributed by atoms with van der Waals surface area (Å²) in [5.41, 5.74) is 5.69. The highest BCUT2D eigenvalue weighted by Crippen LogP contribution is 2.31. The molecule has 0 unspecified atom stereocenters. The Hall–Kier alpha value is -2.98. The van der Waals surface area contributed by atoms with E-state index < -0.39 is 0 Å². The number of rotatable bonds is 3. The fraction of sp³-hybridized carbons (Fsp3) is 0.0833. The first-order valence-electron chi connectivity index (χ1n) is 8.98. The molecule has 3 aromatic carbocycles. The van der Waals surface area contributed by atoms with Crippen molar-refractivity contribution in [2.75, 3.05) is 5.32 Å². The van der Waals surface area contributed by atoms with Gasteiger partial charge >= 0.3 is 0 Å². The van der Waals surface area contributed by atoms with Crippen molar-refractivity contribution in [3.05, 3.63) is 94.0 Å². The maximum atomic E-state index is 13.3. The van der Waals surface area contributed by atoms with Gasteiger partial charge in [-0.2, -0.15) is 0 Å². The summed E-state index contributed by atoms with van der Waals surface area (Å²) in [5.74, 6) is -0.165. The minimum Gasteiger partial charge on any atom is -0.321 e. The van der Waals surface area contributed by atoms with Crippen molar-refractivity contribution < 1.29 is 4.79 Å². The molecular formula is C24H18BrN2O. The van der Waals surface area contributed by atoms with Gasteiger partial charge in [-0.05, 0) is 49.2 Å². The van der Waals surface area contributed by atoms with Gasteiger partial charge in [-0.3, -0.25) is 4.79 Å². The highest BCUT2D eigenvalue weighted by atomic mass is 79.9. The monoisotopic (exact) mass is 429 g/mol. The average molecular weight is 430 g/mol. The Morgan fingerprint density at radius 2 is 1.79 bits per heavy atom. The second kappa shape index (κ2) is 7.56. The van der Waals surface area contributed by atoms with Crippen LogP contribution in [0.2, 0.25) is 0 Å². The molecule has 3 nitrogen and oxygen atoms in total. The maximum Gasteiger partial charge on any atom is 0.256 e. The molecule has 4 heteroatoms. The minimum absolute atomic E-state index is 0.165. The molecule has 0 bridgehead atoms. The second-order valence-electron chi connectivity index (χ2n) is 6.69. The molecular weight excluding hydrogens is 412 g/mol. The van der Waals surface area contributed by atoms with Gasteiger partial charge < -0.3 is 5.32 Å². The fourth-order valence-corrected chi connectivity index (χ4v) is 3.70. The average Bonchev–Trinajstić information content (AvgIpc) is 2.68. The molecule has 0 aliphatic rings. The van der Waals surface area contributed by atoms with E-state index in [0.717, 1.165) is 37.8 Å². The van der Waals surface area contributed by atoms with Crippen LogP contribution in [0.5, 0.6) is 0 Å². The van der Waals surface area contributed by atoms with Crippen LogP contribution in [0.25, 0.3) is 22.2 Å². The van der Waals surface area contributed by atoms with E-state index >= 15 is 0 Å². The standard InChI is InChI=1S/C24H18BrN2O/c1-15-7-6-10-19(13-15)26-24(28)22-16(2)23(17-8-4-3-5-9-17)27-21-12-11-18(25)14-20(21)22/h3-12,14H,1-2H3,(H,26,28). The van der Waals surface area contributed by atoms with Gasteiger partial charge in [0.1, 0.15) is 0 Å². The van der Waals surface area contributed by atoms with Gasteiger partial charge in [-0.25, -0.2) is 4.98 Å². The van der Waals surface area contributed by atoms with Crippen LogP contribution in [0.15, 0.2) is 71.2 Å². The van der Waals surface area contributed by atoms with E-state index in [4.69, 9.17) is 4.98 Å². The summed E-state index contributed by atoms with van der Waals surface area (Å²) < 4.78 is 0.907. The van der Waals surface area contributed by atoms with Gasteiger partial charge in [0, 0.05) is 27.2 Å². The third-order valence-electron chi connectivity index (χ3n) is 4.65. The lowest BCUT2D eigenvalue weighted by atomic mass is 9.97. The van der Waals surface area contributed by atoms with Gasteiger partial charge in [0.15, 0.2) is 0 Å². The van der Waals surface area contributed by atoms with Gasteiger partial charge in [-0.1, -0.05) is 58.4 Å². The third-order valence-corrected chi connectivity index (χ3v) is 5.15. The SMILES string of the molecule is Cc1[c]c(NC(=O)c2c(C)c(-c3ccccc3)nc3ccc(Br)cc23)ccc1. The van der Waals surface area contributed by atoms with Crippen LogP contribution in [0.3, 0.4) is 0 Å². The molecule has 4 rings (SSSR count). The molecule has 1 radical (unpaired) electrons. The molecule has 0 aliphatic heterocycles. The van der Waals surface area contributed by atoms with Crippen LogP contribution < -0.4 is 5.32 Å². The maximum absolute atomic E-state index is 13.3. The molecule has 0 fully saturated rings. The predicted molar refractivity (Wildman–Crippen MR) is 118 cm³/mol. The van der Waals surface area contributed by atoms with Crippen LogP contribution in [-0.2, 0) is 0 Å². The first-order valence-corrected chi connectivity index (χ1v) is 9.78. The number of fused-ring (bicyclic) bond motifs is 1. The molecule has 1 amide bonds. The molecule has 1 heterocycles. The number of carbonyl (C=O) groups is 1. The van der Waals surface area contributed by atoms with Crippen LogP contribution in [0, 0.1) is 19.9 Å². The molecule has 137 valence electrons. The first-order chi connectivity index (χ1) is 13.5. The molecule has 0 saturated carbocycles. The van der Waals surface area contributed by atoms with Gasteiger partial charge in [-0.15, -0.1) is 0 Å². The number of aryl methyl sites for hydroxylation is 1. The normalized spacial score (nSPS) is 10.8. The molecule has 0 saturated heterocycles. The summed E-state index contributed by atoms with van der Waals surface area (Å²) in [5, 5.41) is 3.81. The van der Waals surface area contributed by atoms with Crippen molar-refractivity contribution in [2.24, 2.45) is 0 Å². The number of aromatic nitrogens is 1. The molecule has 28 heavy (non-hydrogen) atoms. The quantitative estimate of drug-likeness (QED) is 0.413. The van der Waals surface area contributed by atoms with Crippen molar-refractivity contribution >= 4 is 38.4 Å². The lowest BCUT2D eigenvalue weighted by Gasteiger charge is -2.15. The number of halogens is 1. The number of benzene rings is 3. The van der Waals surface area contributed by atoms with Crippen LogP contribution >= 0.6 is 15.9 Å². The van der Waals surface area contributed by atoms with Gasteiger partial charge in [0.25, 0.3) is 5.91 Å². The van der Waals surface area contributed by atoms with E-state index in [1.165, 1.54) is 0 Å². The number of carbonyl (C=O) groups excluding carboxylic acids is 1. The summed E-state index contributed by atoms with van der Waals surface area (Å²) in [6, 6.07) is 24.6. The molecule has 0 spiro atoms. The predicted octanol–water partition coefficient (Wildman–Crippen LogP) is 6.33. The first kappa shape index (κ1) is 18.4. The molecule has 1 aromatic heterocycles. The molecule has 0 aliphatic carbocycles. The summed E-state index contributed by atoms with van der Waals surface area (Å²) >= 11 is 3.51. The number of nitrogens with one attached hydrogen (secondary N) is 1. The lowest BCUT2D eigenvalue weighted by Crippen LogP contribution is -2.15. The largest absolute Gasteiger partial charge is 0.321 e. The Kier molecular flexibility index (Phi) is 4.97. The Morgan fingerprint density at radius 1 is 1.00 bits per heavy atom. The fourth-order valence-electron chi connectivity index (χ4n) is 3.34. The molecule has 4 aromatic rings. The van der Waals surface area contributed by atoms with E-state index in [-0.39, 0.29) is 5.91 Å². The molecule has 0 atom stereocenters. The van der Waals surface area contributed by atoms with E-state index in [1.807, 2.05) is 80.6 Å². The van der Waals surface area contributed by atoms with Crippen LogP contribution in [0.4, 0.5) is 5.69 Å². The summed E-state index contributed by atoms with van der Waals surface area (Å²) in [7, 11) is 0. The summed E-state index contributed by atoms with van der Waals surface area (Å²) in [6.07, 6.45) is 0. The minimum atomic E-state index is -0.165. The zero-order valence-corrected chi connectivity index (χ0v) is 17.2. The lowest BCUT2D eigenvalue weighted by molar-refractivity contribution is 0.102. The van der Waals surface area contributed by atoms with E-state index in [1.54, 1.807) is 0 Å². The molecule has 1 N–H and O–H groups in total. The number of hydrogen-bond acceptors (Lipinski definition) is 2. The zero-order valence-electron chi connectivity index (χ0n) is 15.6. The van der Waals surface area contributed by atoms with Gasteiger partial charge in [0.2, 0.25) is 0 Å². The topological polar surface area (TPSA) is 42.0 Å². The van der Waals surface area contributed by atoms with Crippen LogP contribution in [0.1, 0.15) is 21.5 Å². The van der Waals surface area contributed by atoms with E-state index in [2.05, 4.69) is 27.3 Å². The van der Waals surface area contributed by atoms with Crippen molar-refractivity contribution in [3.63, 3.8) is 0 Å². The van der Waals surface area contributed by atoms with Crippen molar-refractivity contribution in [1.82, 2.24) is 4.98 Å². The Bertz CT molecular complexity index is 1190. The third kappa shape index (κ3) is 3.56. The van der Waals surface area contributed by atoms with E-state index in [9.17, 15) is 4.79 Å². The number of hydrogen-bond donors (Lipinski definition) is 1. The smallest absolute Gasteiger partial charge is 0.256 e. The zero-order chi connectivity index (χ0) is 19.7.